The molecular formula is C14H23N3. The molecule has 17 heavy (non-hydrogen) atoms. The minimum atomic E-state index is 0.219. The Labute approximate surface area is 104 Å². The van der Waals surface area contributed by atoms with E-state index in [4.69, 9.17) is 0 Å². The molecule has 1 aromatic heterocycles. The Morgan fingerprint density at radius 2 is 2.24 bits per heavy atom. The molecule has 94 valence electrons. The molecule has 3 nitrogen and oxygen atoms in total. The lowest BCUT2D eigenvalue weighted by atomic mass is 9.97. The summed E-state index contributed by atoms with van der Waals surface area (Å²) in [6.45, 7) is 12.1. The zero-order valence-corrected chi connectivity index (χ0v) is 11.3. The average Bonchev–Trinajstić information content (AvgIpc) is 2.24. The van der Waals surface area contributed by atoms with Crippen LogP contribution in [0.1, 0.15) is 31.9 Å². The zero-order valence-electron chi connectivity index (χ0n) is 11.3. The van der Waals surface area contributed by atoms with E-state index in [1.54, 1.807) is 0 Å². The first-order chi connectivity index (χ1) is 7.97. The van der Waals surface area contributed by atoms with Gasteiger partial charge in [0, 0.05) is 43.6 Å². The Morgan fingerprint density at radius 3 is 2.94 bits per heavy atom. The highest BCUT2D eigenvalue weighted by atomic mass is 15.3. The smallest absolute Gasteiger partial charge is 0.0313 e. The molecule has 1 N–H and O–H groups in total. The Kier molecular flexibility index (Phi) is 3.50. The number of piperazine rings is 1. The van der Waals surface area contributed by atoms with Crippen LogP contribution in [0.3, 0.4) is 0 Å². The summed E-state index contributed by atoms with van der Waals surface area (Å²) >= 11 is 0. The molecule has 0 saturated carbocycles. The van der Waals surface area contributed by atoms with Gasteiger partial charge >= 0.3 is 0 Å². The molecule has 0 aliphatic carbocycles. The molecule has 2 heterocycles. The van der Waals surface area contributed by atoms with Crippen LogP contribution in [-0.4, -0.2) is 34.6 Å². The average molecular weight is 233 g/mol. The van der Waals surface area contributed by atoms with Gasteiger partial charge in [-0.05, 0) is 38.8 Å². The van der Waals surface area contributed by atoms with E-state index >= 15 is 0 Å². The number of pyridine rings is 1. The summed E-state index contributed by atoms with van der Waals surface area (Å²) in [5.41, 5.74) is 2.77. The molecule has 1 aliphatic heterocycles. The second-order valence-electron chi connectivity index (χ2n) is 5.85. The number of hydrogen-bond donors (Lipinski definition) is 1. The van der Waals surface area contributed by atoms with Crippen molar-refractivity contribution in [3.63, 3.8) is 0 Å². The lowest BCUT2D eigenvalue weighted by Gasteiger charge is -2.45. The summed E-state index contributed by atoms with van der Waals surface area (Å²) in [6.07, 6.45) is 3.89. The summed E-state index contributed by atoms with van der Waals surface area (Å²) in [4.78, 5) is 6.82. The molecule has 1 unspecified atom stereocenters. The van der Waals surface area contributed by atoms with Gasteiger partial charge in [0.25, 0.3) is 0 Å². The number of aryl methyl sites for hydroxylation is 1. The first kappa shape index (κ1) is 12.5. The molecule has 0 aromatic carbocycles. The highest BCUT2D eigenvalue weighted by Gasteiger charge is 2.32. The van der Waals surface area contributed by atoms with Gasteiger partial charge < -0.3 is 5.32 Å². The van der Waals surface area contributed by atoms with Crippen molar-refractivity contribution in [3.05, 3.63) is 29.6 Å². The van der Waals surface area contributed by atoms with Crippen molar-refractivity contribution in [2.24, 2.45) is 0 Å². The van der Waals surface area contributed by atoms with Gasteiger partial charge in [-0.25, -0.2) is 0 Å². The Hall–Kier alpha value is -0.930. The van der Waals surface area contributed by atoms with Crippen LogP contribution in [0.5, 0.6) is 0 Å². The van der Waals surface area contributed by atoms with Gasteiger partial charge in [-0.2, -0.15) is 0 Å². The monoisotopic (exact) mass is 233 g/mol. The molecule has 1 aromatic rings. The maximum absolute atomic E-state index is 4.27. The van der Waals surface area contributed by atoms with Gasteiger partial charge in [0.1, 0.15) is 0 Å². The summed E-state index contributed by atoms with van der Waals surface area (Å²) in [7, 11) is 0. The molecule has 0 bridgehead atoms. The first-order valence-electron chi connectivity index (χ1n) is 6.36. The van der Waals surface area contributed by atoms with Crippen molar-refractivity contribution >= 4 is 0 Å². The van der Waals surface area contributed by atoms with Crippen molar-refractivity contribution in [3.8, 4) is 0 Å². The first-order valence-corrected chi connectivity index (χ1v) is 6.36. The van der Waals surface area contributed by atoms with E-state index in [0.717, 1.165) is 19.6 Å². The molecule has 3 heteroatoms. The molecule has 2 rings (SSSR count). The van der Waals surface area contributed by atoms with Crippen LogP contribution in [0.4, 0.5) is 0 Å². The minimum absolute atomic E-state index is 0.219. The summed E-state index contributed by atoms with van der Waals surface area (Å²) in [6, 6.07) is 2.80. The van der Waals surface area contributed by atoms with E-state index in [-0.39, 0.29) is 5.54 Å². The number of aromatic nitrogens is 1. The lowest BCUT2D eigenvalue weighted by molar-refractivity contribution is 0.0625. The van der Waals surface area contributed by atoms with Gasteiger partial charge in [0.2, 0.25) is 0 Å². The fourth-order valence-corrected chi connectivity index (χ4v) is 2.38. The molecular weight excluding hydrogens is 210 g/mol. The quantitative estimate of drug-likeness (QED) is 0.846. The van der Waals surface area contributed by atoms with Gasteiger partial charge in [-0.15, -0.1) is 0 Å². The third-order valence-electron chi connectivity index (χ3n) is 3.54. The summed E-state index contributed by atoms with van der Waals surface area (Å²) in [5, 5.41) is 3.54. The predicted molar refractivity (Wildman–Crippen MR) is 70.9 cm³/mol. The van der Waals surface area contributed by atoms with E-state index in [0.29, 0.717) is 6.04 Å². The summed E-state index contributed by atoms with van der Waals surface area (Å²) in [5.74, 6) is 0. The van der Waals surface area contributed by atoms with Crippen LogP contribution in [-0.2, 0) is 6.54 Å². The van der Waals surface area contributed by atoms with E-state index in [1.807, 2.05) is 12.4 Å². The second-order valence-corrected chi connectivity index (χ2v) is 5.85. The zero-order chi connectivity index (χ0) is 12.5. The van der Waals surface area contributed by atoms with Gasteiger partial charge in [0.15, 0.2) is 0 Å². The van der Waals surface area contributed by atoms with Crippen molar-refractivity contribution in [2.45, 2.75) is 45.8 Å². The van der Waals surface area contributed by atoms with E-state index in [2.05, 4.69) is 49.0 Å². The van der Waals surface area contributed by atoms with Crippen molar-refractivity contribution in [2.75, 3.05) is 13.1 Å². The molecule has 0 amide bonds. The van der Waals surface area contributed by atoms with Gasteiger partial charge in [0.05, 0.1) is 0 Å². The van der Waals surface area contributed by atoms with Crippen LogP contribution in [0, 0.1) is 6.92 Å². The fraction of sp³-hybridized carbons (Fsp3) is 0.643. The normalized spacial score (nSPS) is 24.8. The van der Waals surface area contributed by atoms with Gasteiger partial charge in [-0.1, -0.05) is 6.07 Å². The topological polar surface area (TPSA) is 28.2 Å². The molecule has 0 spiro atoms. The van der Waals surface area contributed by atoms with E-state index < -0.39 is 0 Å². The standard InChI is InChI=1S/C14H23N3/c1-11-5-13(7-15-6-11)9-17-8-12(2)16-10-14(17,3)4/h5-7,12,16H,8-10H2,1-4H3. The van der Waals surface area contributed by atoms with Crippen LogP contribution < -0.4 is 5.32 Å². The van der Waals surface area contributed by atoms with Crippen LogP contribution in [0.2, 0.25) is 0 Å². The van der Waals surface area contributed by atoms with Crippen LogP contribution in [0.25, 0.3) is 0 Å². The third kappa shape index (κ3) is 3.05. The van der Waals surface area contributed by atoms with Crippen LogP contribution >= 0.6 is 0 Å². The minimum Gasteiger partial charge on any atom is -0.311 e. The Morgan fingerprint density at radius 1 is 1.47 bits per heavy atom. The lowest BCUT2D eigenvalue weighted by Crippen LogP contribution is -2.60. The fourth-order valence-electron chi connectivity index (χ4n) is 2.38. The molecule has 0 radical (unpaired) electrons. The molecule has 1 saturated heterocycles. The van der Waals surface area contributed by atoms with Crippen molar-refractivity contribution < 1.29 is 0 Å². The van der Waals surface area contributed by atoms with E-state index in [1.165, 1.54) is 11.1 Å². The van der Waals surface area contributed by atoms with Crippen molar-refractivity contribution in [1.29, 1.82) is 0 Å². The van der Waals surface area contributed by atoms with Crippen LogP contribution in [0.15, 0.2) is 18.5 Å². The predicted octanol–water partition coefficient (Wildman–Crippen LogP) is 1.96. The number of rotatable bonds is 2. The Bertz CT molecular complexity index is 387. The Balaban J connectivity index is 2.11. The SMILES string of the molecule is Cc1cncc(CN2CC(C)NCC2(C)C)c1. The largest absolute Gasteiger partial charge is 0.311 e. The maximum Gasteiger partial charge on any atom is 0.0313 e. The molecule has 1 atom stereocenters. The number of hydrogen-bond acceptors (Lipinski definition) is 3. The second kappa shape index (κ2) is 4.75. The van der Waals surface area contributed by atoms with E-state index in [9.17, 15) is 0 Å². The highest BCUT2D eigenvalue weighted by Crippen LogP contribution is 2.21. The maximum atomic E-state index is 4.27. The summed E-state index contributed by atoms with van der Waals surface area (Å²) < 4.78 is 0. The number of nitrogens with one attached hydrogen (secondary N) is 1. The third-order valence-corrected chi connectivity index (χ3v) is 3.54. The number of nitrogens with zero attached hydrogens (tertiary/aromatic N) is 2. The highest BCUT2D eigenvalue weighted by molar-refractivity contribution is 5.17. The van der Waals surface area contributed by atoms with Gasteiger partial charge in [-0.3, -0.25) is 9.88 Å². The molecule has 1 fully saturated rings. The van der Waals surface area contributed by atoms with Crippen molar-refractivity contribution in [1.82, 2.24) is 15.2 Å². The molecule has 1 aliphatic rings.